The molecule has 0 aromatic heterocycles. The number of hydrogen-bond donors (Lipinski definition) is 2. The number of nitriles is 1. The van der Waals surface area contributed by atoms with Gasteiger partial charge in [-0.25, -0.2) is 4.79 Å². The molecule has 0 heterocycles. The summed E-state index contributed by atoms with van der Waals surface area (Å²) in [6, 6.07) is 15.7. The molecule has 35 heavy (non-hydrogen) atoms. The molecular weight excluding hydrogens is 515 g/mol. The van der Waals surface area contributed by atoms with Gasteiger partial charge in [0.05, 0.1) is 27.7 Å². The number of anilines is 1. The van der Waals surface area contributed by atoms with E-state index in [1.54, 1.807) is 24.3 Å². The molecule has 0 aliphatic rings. The Bertz CT molecular complexity index is 1350. The fourth-order valence-electron chi connectivity index (χ4n) is 2.95. The lowest BCUT2D eigenvalue weighted by atomic mass is 10.1. The molecule has 178 valence electrons. The number of aromatic carboxylic acids is 1. The number of hydrogen-bond acceptors (Lipinski definition) is 5. The lowest BCUT2D eigenvalue weighted by molar-refractivity contribution is -0.112. The lowest BCUT2D eigenvalue weighted by Gasteiger charge is -2.14. The van der Waals surface area contributed by atoms with Crippen LogP contribution in [0.2, 0.25) is 15.1 Å². The smallest absolute Gasteiger partial charge is 0.335 e. The van der Waals surface area contributed by atoms with E-state index in [2.05, 4.69) is 5.32 Å². The highest BCUT2D eigenvalue weighted by atomic mass is 35.5. The summed E-state index contributed by atoms with van der Waals surface area (Å²) >= 11 is 18.2. The molecule has 3 aromatic carbocycles. The number of carbonyl (C=O) groups excluding carboxylic acids is 1. The summed E-state index contributed by atoms with van der Waals surface area (Å²) in [5.41, 5.74) is 1.52. The number of amides is 1. The Labute approximate surface area is 216 Å². The lowest BCUT2D eigenvalue weighted by Crippen LogP contribution is -2.13. The third-order valence-electron chi connectivity index (χ3n) is 4.69. The molecule has 0 fully saturated rings. The Morgan fingerprint density at radius 1 is 1.03 bits per heavy atom. The molecule has 0 saturated carbocycles. The highest BCUT2D eigenvalue weighted by molar-refractivity contribution is 6.42. The molecule has 0 spiro atoms. The van der Waals surface area contributed by atoms with Crippen LogP contribution in [0.15, 0.2) is 60.2 Å². The monoisotopic (exact) mass is 530 g/mol. The number of methoxy groups -OCH3 is 1. The van der Waals surface area contributed by atoms with Crippen molar-refractivity contribution in [3.8, 4) is 17.6 Å². The van der Waals surface area contributed by atoms with Crippen molar-refractivity contribution in [2.45, 2.75) is 6.61 Å². The Balaban J connectivity index is 1.79. The average Bonchev–Trinajstić information content (AvgIpc) is 2.84. The summed E-state index contributed by atoms with van der Waals surface area (Å²) in [5.74, 6) is -1.13. The molecule has 1 amide bonds. The predicted octanol–water partition coefficient (Wildman–Crippen LogP) is 6.48. The summed E-state index contributed by atoms with van der Waals surface area (Å²) in [7, 11) is 1.43. The number of benzene rings is 3. The molecule has 2 N–H and O–H groups in total. The summed E-state index contributed by atoms with van der Waals surface area (Å²) in [6.07, 6.45) is 1.36. The quantitative estimate of drug-likeness (QED) is 0.254. The van der Waals surface area contributed by atoms with E-state index in [1.165, 1.54) is 43.5 Å². The summed E-state index contributed by atoms with van der Waals surface area (Å²) in [5, 5.41) is 21.9. The van der Waals surface area contributed by atoms with E-state index in [-0.39, 0.29) is 39.3 Å². The molecule has 0 aliphatic carbocycles. The maximum atomic E-state index is 12.6. The molecule has 0 saturated heterocycles. The third kappa shape index (κ3) is 6.67. The van der Waals surface area contributed by atoms with E-state index in [4.69, 9.17) is 49.4 Å². The zero-order chi connectivity index (χ0) is 25.5. The van der Waals surface area contributed by atoms with Crippen molar-refractivity contribution in [2.24, 2.45) is 0 Å². The van der Waals surface area contributed by atoms with Gasteiger partial charge in [0, 0.05) is 5.69 Å². The van der Waals surface area contributed by atoms with E-state index in [0.717, 1.165) is 5.56 Å². The van der Waals surface area contributed by atoms with Crippen LogP contribution in [-0.2, 0) is 11.4 Å². The van der Waals surface area contributed by atoms with E-state index in [0.29, 0.717) is 16.3 Å². The standard InChI is InChI=1S/C25H17Cl3N2O5/c1-34-22-10-15(8-17(12-29)24(31)30-18-6-7-19(26)20(27)11-18)9-21(28)23(22)35-13-14-2-4-16(5-3-14)25(32)33/h2-11H,13H2,1H3,(H,30,31)(H,32,33)/b17-8+. The van der Waals surface area contributed by atoms with Crippen LogP contribution >= 0.6 is 34.8 Å². The Morgan fingerprint density at radius 2 is 1.74 bits per heavy atom. The topological polar surface area (TPSA) is 109 Å². The van der Waals surface area contributed by atoms with Gasteiger partial charge in [-0.15, -0.1) is 0 Å². The van der Waals surface area contributed by atoms with Gasteiger partial charge in [0.25, 0.3) is 5.91 Å². The van der Waals surface area contributed by atoms with Crippen LogP contribution in [0.5, 0.6) is 11.5 Å². The molecule has 0 radical (unpaired) electrons. The molecule has 3 rings (SSSR count). The maximum Gasteiger partial charge on any atom is 0.335 e. The molecule has 7 nitrogen and oxygen atoms in total. The third-order valence-corrected chi connectivity index (χ3v) is 5.71. The molecule has 3 aromatic rings. The van der Waals surface area contributed by atoms with Gasteiger partial charge in [-0.05, 0) is 59.7 Å². The Kier molecular flexibility index (Phi) is 8.61. The van der Waals surface area contributed by atoms with Gasteiger partial charge in [0.2, 0.25) is 0 Å². The SMILES string of the molecule is COc1cc(/C=C(\C#N)C(=O)Nc2ccc(Cl)c(Cl)c2)cc(Cl)c1OCc1ccc(C(=O)O)cc1. The highest BCUT2D eigenvalue weighted by Crippen LogP contribution is 2.37. The second-order valence-electron chi connectivity index (χ2n) is 7.08. The van der Waals surface area contributed by atoms with Crippen molar-refractivity contribution < 1.29 is 24.2 Å². The number of ether oxygens (including phenoxy) is 2. The second-order valence-corrected chi connectivity index (χ2v) is 8.30. The van der Waals surface area contributed by atoms with Crippen molar-refractivity contribution in [1.29, 1.82) is 5.26 Å². The van der Waals surface area contributed by atoms with Gasteiger partial charge in [-0.3, -0.25) is 4.79 Å². The van der Waals surface area contributed by atoms with Gasteiger partial charge in [0.1, 0.15) is 18.2 Å². The molecule has 0 unspecified atom stereocenters. The van der Waals surface area contributed by atoms with Crippen LogP contribution in [0.4, 0.5) is 5.69 Å². The minimum Gasteiger partial charge on any atom is -0.493 e. The van der Waals surface area contributed by atoms with E-state index in [9.17, 15) is 14.9 Å². The zero-order valence-electron chi connectivity index (χ0n) is 18.1. The fourth-order valence-corrected chi connectivity index (χ4v) is 3.52. The molecular formula is C25H17Cl3N2O5. The van der Waals surface area contributed by atoms with Gasteiger partial charge < -0.3 is 19.9 Å². The van der Waals surface area contributed by atoms with E-state index in [1.807, 2.05) is 6.07 Å². The largest absolute Gasteiger partial charge is 0.493 e. The first-order valence-electron chi connectivity index (χ1n) is 9.92. The van der Waals surface area contributed by atoms with Gasteiger partial charge in [0.15, 0.2) is 11.5 Å². The first kappa shape index (κ1) is 25.9. The minimum absolute atomic E-state index is 0.112. The highest BCUT2D eigenvalue weighted by Gasteiger charge is 2.15. The van der Waals surface area contributed by atoms with Crippen LogP contribution in [0.1, 0.15) is 21.5 Å². The normalized spacial score (nSPS) is 10.9. The van der Waals surface area contributed by atoms with Crippen molar-refractivity contribution in [2.75, 3.05) is 12.4 Å². The first-order chi connectivity index (χ1) is 16.7. The Hall–Kier alpha value is -3.70. The van der Waals surface area contributed by atoms with Crippen molar-refractivity contribution in [3.05, 3.63) is 91.9 Å². The number of carboxylic acid groups (broad SMARTS) is 1. The van der Waals surface area contributed by atoms with Crippen LogP contribution in [0.25, 0.3) is 6.08 Å². The van der Waals surface area contributed by atoms with Crippen LogP contribution in [0, 0.1) is 11.3 Å². The Morgan fingerprint density at radius 3 is 2.34 bits per heavy atom. The second kappa shape index (κ2) is 11.6. The number of nitrogens with zero attached hydrogens (tertiary/aromatic N) is 1. The molecule has 0 bridgehead atoms. The van der Waals surface area contributed by atoms with E-state index < -0.39 is 11.9 Å². The molecule has 0 atom stereocenters. The number of nitrogens with one attached hydrogen (secondary N) is 1. The van der Waals surface area contributed by atoms with Crippen molar-refractivity contribution in [3.63, 3.8) is 0 Å². The van der Waals surface area contributed by atoms with Crippen LogP contribution in [0.3, 0.4) is 0 Å². The summed E-state index contributed by atoms with van der Waals surface area (Å²) in [4.78, 5) is 23.6. The number of rotatable bonds is 8. The van der Waals surface area contributed by atoms with Crippen molar-refractivity contribution >= 4 is 58.4 Å². The number of carbonyl (C=O) groups is 2. The van der Waals surface area contributed by atoms with Gasteiger partial charge in [-0.2, -0.15) is 5.26 Å². The van der Waals surface area contributed by atoms with Gasteiger partial charge in [-0.1, -0.05) is 46.9 Å². The number of carboxylic acids is 1. The average molecular weight is 532 g/mol. The van der Waals surface area contributed by atoms with E-state index >= 15 is 0 Å². The van der Waals surface area contributed by atoms with Crippen LogP contribution < -0.4 is 14.8 Å². The maximum absolute atomic E-state index is 12.6. The summed E-state index contributed by atoms with van der Waals surface area (Å²) in [6.45, 7) is 0.112. The predicted molar refractivity (Wildman–Crippen MR) is 134 cm³/mol. The first-order valence-corrected chi connectivity index (χ1v) is 11.1. The molecule has 0 aliphatic heterocycles. The zero-order valence-corrected chi connectivity index (χ0v) is 20.4. The van der Waals surface area contributed by atoms with Crippen molar-refractivity contribution in [1.82, 2.24) is 0 Å². The molecule has 10 heteroatoms. The minimum atomic E-state index is -1.02. The number of halogens is 3. The summed E-state index contributed by atoms with van der Waals surface area (Å²) < 4.78 is 11.2. The fraction of sp³-hybridized carbons (Fsp3) is 0.0800. The van der Waals surface area contributed by atoms with Crippen LogP contribution in [-0.4, -0.2) is 24.1 Å². The van der Waals surface area contributed by atoms with Gasteiger partial charge >= 0.3 is 5.97 Å².